The van der Waals surface area contributed by atoms with Crippen molar-refractivity contribution in [2.75, 3.05) is 6.54 Å². The number of nitrogens with one attached hydrogen (secondary N) is 1. The van der Waals surface area contributed by atoms with Crippen LogP contribution in [0.15, 0.2) is 10.6 Å². The molecule has 0 radical (unpaired) electrons. The van der Waals surface area contributed by atoms with Crippen molar-refractivity contribution >= 4 is 0 Å². The van der Waals surface area contributed by atoms with E-state index < -0.39 is 0 Å². The smallest absolute Gasteiger partial charge is 0.195 e. The average molecular weight is 224 g/mol. The Hall–Kier alpha value is -0.830. The van der Waals surface area contributed by atoms with E-state index in [1.54, 1.807) is 0 Å². The largest absolute Gasteiger partial charge is 0.445 e. The summed E-state index contributed by atoms with van der Waals surface area (Å²) in [5.41, 5.74) is 0. The van der Waals surface area contributed by atoms with Crippen LogP contribution in [0.25, 0.3) is 0 Å². The number of oxazole rings is 1. The third kappa shape index (κ3) is 3.97. The first-order valence-corrected chi connectivity index (χ1v) is 6.18. The first-order chi connectivity index (χ1) is 7.50. The second-order valence-corrected chi connectivity index (χ2v) is 5.05. The van der Waals surface area contributed by atoms with Crippen LogP contribution in [-0.4, -0.2) is 17.6 Å². The molecular weight excluding hydrogens is 200 g/mol. The molecule has 1 aromatic heterocycles. The molecule has 3 nitrogen and oxygen atoms in total. The minimum absolute atomic E-state index is 0.444. The molecule has 0 aliphatic heterocycles. The Bertz CT molecular complexity index is 305. The lowest BCUT2D eigenvalue weighted by atomic mass is 9.96. The second-order valence-electron chi connectivity index (χ2n) is 5.05. The van der Waals surface area contributed by atoms with E-state index in [-0.39, 0.29) is 0 Å². The van der Waals surface area contributed by atoms with Crippen molar-refractivity contribution in [2.24, 2.45) is 5.92 Å². The van der Waals surface area contributed by atoms with Crippen molar-refractivity contribution in [3.63, 3.8) is 0 Å². The molecule has 16 heavy (non-hydrogen) atoms. The molecule has 0 amide bonds. The SMILES string of the molecule is CC(C)NCCc1ncc(C(C)C(C)C)o1. The molecule has 1 atom stereocenters. The third-order valence-electron chi connectivity index (χ3n) is 2.91. The van der Waals surface area contributed by atoms with Crippen LogP contribution in [0.3, 0.4) is 0 Å². The Labute approximate surface area is 98.6 Å². The molecule has 92 valence electrons. The minimum atomic E-state index is 0.444. The van der Waals surface area contributed by atoms with E-state index in [1.807, 2.05) is 6.20 Å². The molecule has 0 spiro atoms. The zero-order valence-electron chi connectivity index (χ0n) is 11.1. The second kappa shape index (κ2) is 6.04. The Morgan fingerprint density at radius 2 is 1.94 bits per heavy atom. The van der Waals surface area contributed by atoms with Gasteiger partial charge in [0.25, 0.3) is 0 Å². The zero-order valence-corrected chi connectivity index (χ0v) is 11.1. The number of hydrogen-bond acceptors (Lipinski definition) is 3. The first kappa shape index (κ1) is 13.2. The summed E-state index contributed by atoms with van der Waals surface area (Å²) in [4.78, 5) is 4.31. The molecule has 0 saturated heterocycles. The molecule has 1 heterocycles. The van der Waals surface area contributed by atoms with Crippen molar-refractivity contribution in [1.29, 1.82) is 0 Å². The maximum atomic E-state index is 5.74. The van der Waals surface area contributed by atoms with Crippen LogP contribution in [0, 0.1) is 5.92 Å². The topological polar surface area (TPSA) is 38.1 Å². The summed E-state index contributed by atoms with van der Waals surface area (Å²) in [6.07, 6.45) is 2.73. The summed E-state index contributed by atoms with van der Waals surface area (Å²) in [5.74, 6) is 2.89. The molecule has 0 bridgehead atoms. The highest BCUT2D eigenvalue weighted by atomic mass is 16.4. The molecule has 1 N–H and O–H groups in total. The molecule has 0 aliphatic rings. The predicted molar refractivity (Wildman–Crippen MR) is 66.6 cm³/mol. The predicted octanol–water partition coefficient (Wildman–Crippen LogP) is 2.97. The van der Waals surface area contributed by atoms with Gasteiger partial charge in [0.2, 0.25) is 0 Å². The van der Waals surface area contributed by atoms with Crippen molar-refractivity contribution in [2.45, 2.75) is 53.0 Å². The Balaban J connectivity index is 2.45. The quantitative estimate of drug-likeness (QED) is 0.807. The van der Waals surface area contributed by atoms with E-state index >= 15 is 0 Å². The fraction of sp³-hybridized carbons (Fsp3) is 0.769. The monoisotopic (exact) mass is 224 g/mol. The van der Waals surface area contributed by atoms with Crippen LogP contribution < -0.4 is 5.32 Å². The zero-order chi connectivity index (χ0) is 12.1. The van der Waals surface area contributed by atoms with E-state index in [9.17, 15) is 0 Å². The van der Waals surface area contributed by atoms with Crippen molar-refractivity contribution in [3.8, 4) is 0 Å². The fourth-order valence-corrected chi connectivity index (χ4v) is 1.45. The first-order valence-electron chi connectivity index (χ1n) is 6.18. The van der Waals surface area contributed by atoms with Gasteiger partial charge < -0.3 is 9.73 Å². The van der Waals surface area contributed by atoms with Gasteiger partial charge in [-0.05, 0) is 5.92 Å². The molecule has 0 saturated carbocycles. The number of nitrogens with zero attached hydrogens (tertiary/aromatic N) is 1. The summed E-state index contributed by atoms with van der Waals surface area (Å²) >= 11 is 0. The van der Waals surface area contributed by atoms with E-state index in [0.717, 1.165) is 24.6 Å². The number of aromatic nitrogens is 1. The van der Waals surface area contributed by atoms with E-state index in [0.29, 0.717) is 17.9 Å². The summed E-state index contributed by atoms with van der Waals surface area (Å²) < 4.78 is 5.74. The summed E-state index contributed by atoms with van der Waals surface area (Å²) in [6.45, 7) is 11.8. The van der Waals surface area contributed by atoms with Crippen molar-refractivity contribution in [3.05, 3.63) is 17.8 Å². The highest BCUT2D eigenvalue weighted by Gasteiger charge is 2.14. The maximum absolute atomic E-state index is 5.74. The van der Waals surface area contributed by atoms with Gasteiger partial charge in [-0.15, -0.1) is 0 Å². The van der Waals surface area contributed by atoms with Gasteiger partial charge in [-0.1, -0.05) is 34.6 Å². The average Bonchev–Trinajstić information content (AvgIpc) is 2.64. The van der Waals surface area contributed by atoms with Crippen LogP contribution in [0.1, 0.15) is 52.2 Å². The molecule has 1 unspecified atom stereocenters. The molecular formula is C13H24N2O. The Morgan fingerprint density at radius 1 is 1.25 bits per heavy atom. The third-order valence-corrected chi connectivity index (χ3v) is 2.91. The number of hydrogen-bond donors (Lipinski definition) is 1. The summed E-state index contributed by atoms with van der Waals surface area (Å²) in [6, 6.07) is 0.518. The van der Waals surface area contributed by atoms with Gasteiger partial charge in [-0.25, -0.2) is 4.98 Å². The fourth-order valence-electron chi connectivity index (χ4n) is 1.45. The lowest BCUT2D eigenvalue weighted by Gasteiger charge is -2.11. The summed E-state index contributed by atoms with van der Waals surface area (Å²) in [5, 5.41) is 3.36. The van der Waals surface area contributed by atoms with Gasteiger partial charge in [0, 0.05) is 24.9 Å². The molecule has 0 aromatic carbocycles. The normalized spacial score (nSPS) is 13.7. The lowest BCUT2D eigenvalue weighted by Crippen LogP contribution is -2.24. The molecule has 0 fully saturated rings. The van der Waals surface area contributed by atoms with Gasteiger partial charge in [-0.2, -0.15) is 0 Å². The van der Waals surface area contributed by atoms with Crippen LogP contribution >= 0.6 is 0 Å². The standard InChI is InChI=1S/C13H24N2O/c1-9(2)11(5)12-8-15-13(16-12)6-7-14-10(3)4/h8-11,14H,6-7H2,1-5H3. The minimum Gasteiger partial charge on any atom is -0.445 e. The lowest BCUT2D eigenvalue weighted by molar-refractivity contribution is 0.386. The van der Waals surface area contributed by atoms with Crippen LogP contribution in [0.5, 0.6) is 0 Å². The van der Waals surface area contributed by atoms with Gasteiger partial charge in [-0.3, -0.25) is 0 Å². The van der Waals surface area contributed by atoms with E-state index in [4.69, 9.17) is 4.42 Å². The molecule has 0 aliphatic carbocycles. The van der Waals surface area contributed by atoms with Crippen LogP contribution in [-0.2, 0) is 6.42 Å². The van der Waals surface area contributed by atoms with Crippen molar-refractivity contribution < 1.29 is 4.42 Å². The van der Waals surface area contributed by atoms with Gasteiger partial charge in [0.1, 0.15) is 5.76 Å². The number of rotatable bonds is 6. The van der Waals surface area contributed by atoms with Crippen LogP contribution in [0.4, 0.5) is 0 Å². The van der Waals surface area contributed by atoms with Crippen LogP contribution in [0.2, 0.25) is 0 Å². The molecule has 1 aromatic rings. The van der Waals surface area contributed by atoms with E-state index in [2.05, 4.69) is 44.9 Å². The molecule has 1 rings (SSSR count). The van der Waals surface area contributed by atoms with Gasteiger partial charge in [0.05, 0.1) is 6.20 Å². The van der Waals surface area contributed by atoms with E-state index in [1.165, 1.54) is 0 Å². The van der Waals surface area contributed by atoms with Gasteiger partial charge >= 0.3 is 0 Å². The van der Waals surface area contributed by atoms with Crippen molar-refractivity contribution in [1.82, 2.24) is 10.3 Å². The van der Waals surface area contributed by atoms with Gasteiger partial charge in [0.15, 0.2) is 5.89 Å². The highest BCUT2D eigenvalue weighted by Crippen LogP contribution is 2.23. The molecule has 3 heteroatoms. The maximum Gasteiger partial charge on any atom is 0.195 e. The Morgan fingerprint density at radius 3 is 2.50 bits per heavy atom. The highest BCUT2D eigenvalue weighted by molar-refractivity contribution is 5.01. The Kier molecular flexibility index (Phi) is 5.00. The summed E-state index contributed by atoms with van der Waals surface area (Å²) in [7, 11) is 0.